The van der Waals surface area contributed by atoms with Crippen LogP contribution >= 0.6 is 0 Å². The molecule has 2 aromatic rings. The van der Waals surface area contributed by atoms with Gasteiger partial charge in [0.1, 0.15) is 12.2 Å². The van der Waals surface area contributed by atoms with Gasteiger partial charge in [-0.2, -0.15) is 0 Å². The minimum Gasteiger partial charge on any atom is -0.399 e. The van der Waals surface area contributed by atoms with E-state index in [0.29, 0.717) is 12.4 Å². The van der Waals surface area contributed by atoms with Crippen LogP contribution < -0.4 is 5.73 Å². The molecule has 1 aromatic carbocycles. The zero-order chi connectivity index (χ0) is 9.26. The molecular weight excluding hydrogens is 168 g/mol. The fourth-order valence-corrected chi connectivity index (χ4v) is 1.20. The van der Waals surface area contributed by atoms with Gasteiger partial charge in [-0.25, -0.2) is 4.68 Å². The number of nitrogens with two attached hydrogens (primary N) is 1. The molecule has 5 nitrogen and oxygen atoms in total. The lowest BCUT2D eigenvalue weighted by Gasteiger charge is -1.99. The Hall–Kier alpha value is -1.62. The minimum absolute atomic E-state index is 0.389. The van der Waals surface area contributed by atoms with Crippen molar-refractivity contribution in [2.45, 2.75) is 6.73 Å². The molecule has 1 aromatic heterocycles. The standard InChI is InChI=1S/C8H10N4O/c1-13-5-12-8-4-6(9)2-3-7(8)10-11-12/h2-4H,5,9H2,1H3. The molecule has 0 saturated carbocycles. The predicted octanol–water partition coefficient (Wildman–Crippen LogP) is 0.617. The second-order valence-corrected chi connectivity index (χ2v) is 2.75. The quantitative estimate of drug-likeness (QED) is 0.684. The Morgan fingerprint density at radius 1 is 1.54 bits per heavy atom. The minimum atomic E-state index is 0.389. The summed E-state index contributed by atoms with van der Waals surface area (Å²) < 4.78 is 6.61. The summed E-state index contributed by atoms with van der Waals surface area (Å²) in [7, 11) is 1.61. The van der Waals surface area contributed by atoms with Gasteiger partial charge < -0.3 is 10.5 Å². The summed E-state index contributed by atoms with van der Waals surface area (Å²) in [5, 5.41) is 7.87. The summed E-state index contributed by atoms with van der Waals surface area (Å²) in [5.74, 6) is 0. The van der Waals surface area contributed by atoms with Crippen molar-refractivity contribution >= 4 is 16.7 Å². The van der Waals surface area contributed by atoms with Crippen LogP contribution in [0.5, 0.6) is 0 Å². The lowest BCUT2D eigenvalue weighted by molar-refractivity contribution is 0.122. The van der Waals surface area contributed by atoms with Crippen molar-refractivity contribution in [2.24, 2.45) is 0 Å². The van der Waals surface area contributed by atoms with Gasteiger partial charge in [0.05, 0.1) is 5.52 Å². The summed E-state index contributed by atoms with van der Waals surface area (Å²) in [5.41, 5.74) is 8.06. The number of anilines is 1. The van der Waals surface area contributed by atoms with Crippen LogP contribution in [0.3, 0.4) is 0 Å². The molecule has 68 valence electrons. The molecule has 2 N–H and O–H groups in total. The highest BCUT2D eigenvalue weighted by molar-refractivity contribution is 5.77. The maximum Gasteiger partial charge on any atom is 0.141 e. The Labute approximate surface area is 75.1 Å². The van der Waals surface area contributed by atoms with Crippen LogP contribution in [0, 0.1) is 0 Å². The van der Waals surface area contributed by atoms with E-state index in [1.165, 1.54) is 0 Å². The normalized spacial score (nSPS) is 10.8. The van der Waals surface area contributed by atoms with E-state index < -0.39 is 0 Å². The first-order valence-corrected chi connectivity index (χ1v) is 3.89. The molecule has 0 radical (unpaired) electrons. The first kappa shape index (κ1) is 8.00. The maximum absolute atomic E-state index is 5.64. The van der Waals surface area contributed by atoms with Crippen molar-refractivity contribution in [1.82, 2.24) is 15.0 Å². The van der Waals surface area contributed by atoms with E-state index in [9.17, 15) is 0 Å². The zero-order valence-electron chi connectivity index (χ0n) is 7.27. The molecule has 5 heteroatoms. The van der Waals surface area contributed by atoms with E-state index in [4.69, 9.17) is 10.5 Å². The Morgan fingerprint density at radius 2 is 2.38 bits per heavy atom. The summed E-state index contributed by atoms with van der Waals surface area (Å²) in [6, 6.07) is 5.46. The van der Waals surface area contributed by atoms with Gasteiger partial charge in [-0.3, -0.25) is 0 Å². The fraction of sp³-hybridized carbons (Fsp3) is 0.250. The Bertz CT molecular complexity index is 423. The van der Waals surface area contributed by atoms with Gasteiger partial charge in [-0.1, -0.05) is 5.21 Å². The number of rotatable bonds is 2. The number of benzene rings is 1. The topological polar surface area (TPSA) is 66.0 Å². The van der Waals surface area contributed by atoms with Crippen LogP contribution in [0.1, 0.15) is 0 Å². The summed E-state index contributed by atoms with van der Waals surface area (Å²) in [6.45, 7) is 0.389. The Kier molecular flexibility index (Phi) is 1.86. The average Bonchev–Trinajstić information content (AvgIpc) is 2.49. The first-order valence-electron chi connectivity index (χ1n) is 3.89. The SMILES string of the molecule is COCn1nnc2ccc(N)cc21. The molecule has 0 saturated heterocycles. The molecule has 13 heavy (non-hydrogen) atoms. The number of nitrogens with zero attached hydrogens (tertiary/aromatic N) is 3. The fourth-order valence-electron chi connectivity index (χ4n) is 1.20. The van der Waals surface area contributed by atoms with Crippen molar-refractivity contribution in [2.75, 3.05) is 12.8 Å². The predicted molar refractivity (Wildman–Crippen MR) is 48.9 cm³/mol. The van der Waals surface area contributed by atoms with E-state index >= 15 is 0 Å². The Morgan fingerprint density at radius 3 is 3.15 bits per heavy atom. The maximum atomic E-state index is 5.64. The number of hydrogen-bond donors (Lipinski definition) is 1. The molecule has 0 atom stereocenters. The summed E-state index contributed by atoms with van der Waals surface area (Å²) >= 11 is 0. The van der Waals surface area contributed by atoms with Crippen LogP contribution in [-0.4, -0.2) is 22.1 Å². The van der Waals surface area contributed by atoms with Gasteiger partial charge in [0.25, 0.3) is 0 Å². The summed E-state index contributed by atoms with van der Waals surface area (Å²) in [6.07, 6.45) is 0. The van der Waals surface area contributed by atoms with Crippen molar-refractivity contribution in [3.8, 4) is 0 Å². The smallest absolute Gasteiger partial charge is 0.141 e. The molecule has 0 unspecified atom stereocenters. The van der Waals surface area contributed by atoms with Crippen molar-refractivity contribution < 1.29 is 4.74 Å². The van der Waals surface area contributed by atoms with Crippen LogP contribution in [0.4, 0.5) is 5.69 Å². The number of ether oxygens (including phenoxy) is 1. The third-order valence-corrected chi connectivity index (χ3v) is 1.79. The first-order chi connectivity index (χ1) is 6.31. The van der Waals surface area contributed by atoms with Gasteiger partial charge in [-0.05, 0) is 18.2 Å². The van der Waals surface area contributed by atoms with Gasteiger partial charge in [-0.15, -0.1) is 5.10 Å². The van der Waals surface area contributed by atoms with Gasteiger partial charge in [0.2, 0.25) is 0 Å². The third-order valence-electron chi connectivity index (χ3n) is 1.79. The number of aromatic nitrogens is 3. The van der Waals surface area contributed by atoms with Gasteiger partial charge >= 0.3 is 0 Å². The van der Waals surface area contributed by atoms with E-state index in [-0.39, 0.29) is 0 Å². The highest BCUT2D eigenvalue weighted by Crippen LogP contribution is 2.14. The van der Waals surface area contributed by atoms with Gasteiger partial charge in [0.15, 0.2) is 0 Å². The zero-order valence-corrected chi connectivity index (χ0v) is 7.27. The second kappa shape index (κ2) is 3.02. The van der Waals surface area contributed by atoms with Crippen LogP contribution in [0.2, 0.25) is 0 Å². The van der Waals surface area contributed by atoms with Crippen molar-refractivity contribution in [3.05, 3.63) is 18.2 Å². The molecule has 0 spiro atoms. The van der Waals surface area contributed by atoms with Crippen LogP contribution in [-0.2, 0) is 11.5 Å². The van der Waals surface area contributed by atoms with E-state index in [0.717, 1.165) is 11.0 Å². The number of nitrogen functional groups attached to an aromatic ring is 1. The van der Waals surface area contributed by atoms with Crippen LogP contribution in [0.15, 0.2) is 18.2 Å². The molecule has 0 bridgehead atoms. The lowest BCUT2D eigenvalue weighted by Crippen LogP contribution is -2.01. The van der Waals surface area contributed by atoms with E-state index in [1.54, 1.807) is 17.9 Å². The molecule has 0 aliphatic carbocycles. The molecule has 0 amide bonds. The number of hydrogen-bond acceptors (Lipinski definition) is 4. The van der Waals surface area contributed by atoms with E-state index in [2.05, 4.69) is 10.3 Å². The molecule has 2 rings (SSSR count). The number of fused-ring (bicyclic) bond motifs is 1. The number of methoxy groups -OCH3 is 1. The van der Waals surface area contributed by atoms with Gasteiger partial charge in [0, 0.05) is 12.8 Å². The monoisotopic (exact) mass is 178 g/mol. The molecule has 0 aliphatic rings. The Balaban J connectivity index is 2.58. The highest BCUT2D eigenvalue weighted by atomic mass is 16.5. The van der Waals surface area contributed by atoms with Crippen molar-refractivity contribution in [1.29, 1.82) is 0 Å². The molecule has 0 fully saturated rings. The largest absolute Gasteiger partial charge is 0.399 e. The third kappa shape index (κ3) is 1.33. The van der Waals surface area contributed by atoms with Crippen LogP contribution in [0.25, 0.3) is 11.0 Å². The van der Waals surface area contributed by atoms with E-state index in [1.807, 2.05) is 12.1 Å². The molecule has 1 heterocycles. The lowest BCUT2D eigenvalue weighted by atomic mass is 10.3. The molecule has 0 aliphatic heterocycles. The average molecular weight is 178 g/mol. The molecular formula is C8H10N4O. The highest BCUT2D eigenvalue weighted by Gasteiger charge is 2.02. The second-order valence-electron chi connectivity index (χ2n) is 2.75. The van der Waals surface area contributed by atoms with Crippen molar-refractivity contribution in [3.63, 3.8) is 0 Å². The summed E-state index contributed by atoms with van der Waals surface area (Å²) in [4.78, 5) is 0.